The number of carbonyl (C=O) groups excluding carboxylic acids is 1. The van der Waals surface area contributed by atoms with Crippen LogP contribution in [0.25, 0.3) is 0 Å². The first-order chi connectivity index (χ1) is 11.7. The summed E-state index contributed by atoms with van der Waals surface area (Å²) in [4.78, 5) is 25.3. The molecular formula is C19H28N2O3. The molecule has 3 rings (SSSR count). The molecule has 0 saturated heterocycles. The summed E-state index contributed by atoms with van der Waals surface area (Å²) in [5.74, 6) is 0.373. The second kappa shape index (κ2) is 7.86. The van der Waals surface area contributed by atoms with Gasteiger partial charge in [-0.15, -0.1) is 0 Å². The van der Waals surface area contributed by atoms with Crippen molar-refractivity contribution in [3.05, 3.63) is 27.7 Å². The van der Waals surface area contributed by atoms with Crippen LogP contribution in [0.5, 0.6) is 5.75 Å². The van der Waals surface area contributed by atoms with Crippen LogP contribution in [-0.2, 0) is 13.0 Å². The van der Waals surface area contributed by atoms with E-state index in [2.05, 4.69) is 5.32 Å². The second-order valence-corrected chi connectivity index (χ2v) is 6.87. The van der Waals surface area contributed by atoms with E-state index >= 15 is 0 Å². The lowest BCUT2D eigenvalue weighted by molar-refractivity contribution is 0.0926. The molecule has 1 aliphatic heterocycles. The van der Waals surface area contributed by atoms with Crippen molar-refractivity contribution >= 4 is 5.91 Å². The molecule has 5 heteroatoms. The minimum absolute atomic E-state index is 0.0563. The summed E-state index contributed by atoms with van der Waals surface area (Å²) in [6.07, 6.45) is 9.73. The van der Waals surface area contributed by atoms with E-state index in [0.29, 0.717) is 24.5 Å². The summed E-state index contributed by atoms with van der Waals surface area (Å²) in [6, 6.07) is 1.73. The summed E-state index contributed by atoms with van der Waals surface area (Å²) in [6.45, 7) is 3.03. The van der Waals surface area contributed by atoms with Crippen molar-refractivity contribution in [2.75, 3.05) is 6.61 Å². The van der Waals surface area contributed by atoms with Gasteiger partial charge in [0.25, 0.3) is 11.5 Å². The molecule has 0 aromatic carbocycles. The van der Waals surface area contributed by atoms with E-state index in [1.807, 2.05) is 6.92 Å². The van der Waals surface area contributed by atoms with Gasteiger partial charge in [0.1, 0.15) is 11.3 Å². The highest BCUT2D eigenvalue weighted by Crippen LogP contribution is 2.26. The molecule has 0 atom stereocenters. The highest BCUT2D eigenvalue weighted by Gasteiger charge is 2.26. The topological polar surface area (TPSA) is 60.3 Å². The Morgan fingerprint density at radius 2 is 1.96 bits per heavy atom. The average Bonchev–Trinajstić information content (AvgIpc) is 2.84. The van der Waals surface area contributed by atoms with E-state index < -0.39 is 0 Å². The molecule has 0 unspecified atom stereocenters. The average molecular weight is 332 g/mol. The number of fused-ring (bicyclic) bond motifs is 1. The third-order valence-corrected chi connectivity index (χ3v) is 5.14. The molecule has 2 aliphatic rings. The van der Waals surface area contributed by atoms with Crippen molar-refractivity contribution in [1.82, 2.24) is 9.88 Å². The van der Waals surface area contributed by atoms with E-state index in [9.17, 15) is 9.59 Å². The molecule has 5 nitrogen and oxygen atoms in total. The fraction of sp³-hybridized carbons (Fsp3) is 0.684. The lowest BCUT2D eigenvalue weighted by Gasteiger charge is -2.24. The number of carbonyl (C=O) groups is 1. The second-order valence-electron chi connectivity index (χ2n) is 6.87. The Morgan fingerprint density at radius 1 is 1.21 bits per heavy atom. The Kier molecular flexibility index (Phi) is 5.59. The number of nitrogens with one attached hydrogen (secondary N) is 1. The molecule has 0 bridgehead atoms. The zero-order valence-corrected chi connectivity index (χ0v) is 14.6. The van der Waals surface area contributed by atoms with Crippen LogP contribution >= 0.6 is 0 Å². The number of aromatic nitrogens is 1. The SMILES string of the molecule is CCOc1cc(=O)n2c(c1C(=O)NC1CCCCCC1)CCCC2. The van der Waals surface area contributed by atoms with Gasteiger partial charge in [-0.25, -0.2) is 0 Å². The molecule has 2 heterocycles. The van der Waals surface area contributed by atoms with Crippen molar-refractivity contribution in [2.45, 2.75) is 77.3 Å². The zero-order valence-electron chi connectivity index (χ0n) is 14.6. The third kappa shape index (κ3) is 3.65. The summed E-state index contributed by atoms with van der Waals surface area (Å²) >= 11 is 0. The number of rotatable bonds is 4. The van der Waals surface area contributed by atoms with Crippen LogP contribution in [-0.4, -0.2) is 23.1 Å². The molecule has 1 aromatic rings. The minimum atomic E-state index is -0.0731. The van der Waals surface area contributed by atoms with Gasteiger partial charge < -0.3 is 14.6 Å². The standard InChI is InChI=1S/C19H28N2O3/c1-2-24-16-13-17(22)21-12-8-7-11-15(21)18(16)19(23)20-14-9-5-3-4-6-10-14/h13-14H,2-12H2,1H3,(H,20,23). The Morgan fingerprint density at radius 3 is 2.67 bits per heavy atom. The van der Waals surface area contributed by atoms with Crippen LogP contribution in [0.3, 0.4) is 0 Å². The van der Waals surface area contributed by atoms with Crippen molar-refractivity contribution in [3.63, 3.8) is 0 Å². The fourth-order valence-electron chi connectivity index (χ4n) is 3.93. The predicted octanol–water partition coefficient (Wildman–Crippen LogP) is 3.04. The number of amides is 1. The Balaban J connectivity index is 1.92. The quantitative estimate of drug-likeness (QED) is 0.862. The number of hydrogen-bond donors (Lipinski definition) is 1. The van der Waals surface area contributed by atoms with Crippen molar-refractivity contribution in [1.29, 1.82) is 0 Å². The van der Waals surface area contributed by atoms with Gasteiger partial charge in [-0.2, -0.15) is 0 Å². The molecule has 1 aromatic heterocycles. The molecule has 132 valence electrons. The first-order valence-electron chi connectivity index (χ1n) is 9.41. The number of ether oxygens (including phenoxy) is 1. The summed E-state index contributed by atoms with van der Waals surface area (Å²) < 4.78 is 7.40. The molecule has 1 N–H and O–H groups in total. The number of pyridine rings is 1. The van der Waals surface area contributed by atoms with Gasteiger partial charge in [0.05, 0.1) is 6.61 Å². The maximum Gasteiger partial charge on any atom is 0.257 e. The predicted molar refractivity (Wildman–Crippen MR) is 93.8 cm³/mol. The van der Waals surface area contributed by atoms with Gasteiger partial charge in [-0.1, -0.05) is 25.7 Å². The lowest BCUT2D eigenvalue weighted by Crippen LogP contribution is -2.38. The van der Waals surface area contributed by atoms with Crippen molar-refractivity contribution in [2.24, 2.45) is 0 Å². The van der Waals surface area contributed by atoms with E-state index in [-0.39, 0.29) is 17.5 Å². The maximum atomic E-state index is 13.0. The first-order valence-corrected chi connectivity index (χ1v) is 9.41. The van der Waals surface area contributed by atoms with Gasteiger partial charge in [-0.3, -0.25) is 9.59 Å². The smallest absolute Gasteiger partial charge is 0.257 e. The minimum Gasteiger partial charge on any atom is -0.493 e. The fourth-order valence-corrected chi connectivity index (χ4v) is 3.93. The van der Waals surface area contributed by atoms with Gasteiger partial charge >= 0.3 is 0 Å². The Labute approximate surface area is 143 Å². The van der Waals surface area contributed by atoms with Crippen LogP contribution in [0.15, 0.2) is 10.9 Å². The van der Waals surface area contributed by atoms with Gasteiger partial charge in [0, 0.05) is 24.3 Å². The Hall–Kier alpha value is -1.78. The van der Waals surface area contributed by atoms with Crippen LogP contribution in [0, 0.1) is 0 Å². The molecule has 1 fully saturated rings. The third-order valence-electron chi connectivity index (χ3n) is 5.14. The van der Waals surface area contributed by atoms with E-state index in [0.717, 1.165) is 37.8 Å². The van der Waals surface area contributed by atoms with E-state index in [1.54, 1.807) is 4.57 Å². The lowest BCUT2D eigenvalue weighted by atomic mass is 10.0. The molecular weight excluding hydrogens is 304 g/mol. The van der Waals surface area contributed by atoms with Gasteiger partial charge in [0.15, 0.2) is 0 Å². The number of nitrogens with zero attached hydrogens (tertiary/aromatic N) is 1. The van der Waals surface area contributed by atoms with Crippen LogP contribution in [0.1, 0.15) is 74.3 Å². The summed E-state index contributed by atoms with van der Waals surface area (Å²) in [7, 11) is 0. The first kappa shape index (κ1) is 17.1. The normalized spacial score (nSPS) is 18.5. The van der Waals surface area contributed by atoms with Crippen LogP contribution in [0.4, 0.5) is 0 Å². The van der Waals surface area contributed by atoms with E-state index in [1.165, 1.54) is 31.7 Å². The molecule has 24 heavy (non-hydrogen) atoms. The highest BCUT2D eigenvalue weighted by molar-refractivity contribution is 5.98. The zero-order chi connectivity index (χ0) is 16.9. The van der Waals surface area contributed by atoms with Crippen LogP contribution in [0.2, 0.25) is 0 Å². The van der Waals surface area contributed by atoms with Gasteiger partial charge in [0.2, 0.25) is 0 Å². The highest BCUT2D eigenvalue weighted by atomic mass is 16.5. The van der Waals surface area contributed by atoms with Crippen molar-refractivity contribution in [3.8, 4) is 5.75 Å². The number of hydrogen-bond acceptors (Lipinski definition) is 3. The molecule has 0 radical (unpaired) electrons. The van der Waals surface area contributed by atoms with Crippen molar-refractivity contribution < 1.29 is 9.53 Å². The van der Waals surface area contributed by atoms with Gasteiger partial charge in [-0.05, 0) is 39.0 Å². The largest absolute Gasteiger partial charge is 0.493 e. The van der Waals surface area contributed by atoms with Crippen LogP contribution < -0.4 is 15.6 Å². The van der Waals surface area contributed by atoms with E-state index in [4.69, 9.17) is 4.74 Å². The summed E-state index contributed by atoms with van der Waals surface area (Å²) in [5, 5.41) is 3.21. The molecule has 1 aliphatic carbocycles. The maximum absolute atomic E-state index is 13.0. The molecule has 1 saturated carbocycles. The monoisotopic (exact) mass is 332 g/mol. The Bertz CT molecular complexity index is 643. The molecule has 1 amide bonds. The summed E-state index contributed by atoms with van der Waals surface area (Å²) in [5.41, 5.74) is 1.38. The molecule has 0 spiro atoms.